The molecule has 0 bridgehead atoms. The molecule has 0 aliphatic carbocycles. The number of guanidine groups is 1. The number of benzene rings is 2. The minimum Gasteiger partial charge on any atom is -0.459 e. The first-order valence-electron chi connectivity index (χ1n) is 8.77. The van der Waals surface area contributed by atoms with Gasteiger partial charge in [-0.2, -0.15) is 0 Å². The van der Waals surface area contributed by atoms with Gasteiger partial charge in [0.15, 0.2) is 11.7 Å². The van der Waals surface area contributed by atoms with Crippen LogP contribution in [0.15, 0.2) is 76.3 Å². The molecule has 1 aromatic heterocycles. The maximum atomic E-state index is 12.9. The second kappa shape index (κ2) is 9.36. The van der Waals surface area contributed by atoms with E-state index in [9.17, 15) is 9.18 Å². The molecule has 3 aromatic rings. The molecule has 3 rings (SSSR count). The Labute approximate surface area is 162 Å². The fraction of sp³-hybridized carbons (Fsp3) is 0.143. The number of amides is 1. The van der Waals surface area contributed by atoms with E-state index >= 15 is 0 Å². The van der Waals surface area contributed by atoms with Crippen molar-refractivity contribution in [3.8, 4) is 0 Å². The third-order valence-electron chi connectivity index (χ3n) is 4.01. The van der Waals surface area contributed by atoms with Crippen LogP contribution in [0.2, 0.25) is 0 Å². The van der Waals surface area contributed by atoms with Gasteiger partial charge in [0, 0.05) is 25.8 Å². The predicted molar refractivity (Wildman–Crippen MR) is 107 cm³/mol. The summed E-state index contributed by atoms with van der Waals surface area (Å²) in [4.78, 5) is 16.1. The number of aliphatic imine (C=N–C) groups is 1. The van der Waals surface area contributed by atoms with E-state index in [1.54, 1.807) is 31.3 Å². The van der Waals surface area contributed by atoms with Crippen molar-refractivity contribution in [2.45, 2.75) is 13.1 Å². The molecule has 0 aliphatic rings. The smallest absolute Gasteiger partial charge is 0.291 e. The maximum absolute atomic E-state index is 12.9. The van der Waals surface area contributed by atoms with E-state index in [4.69, 9.17) is 4.42 Å². The van der Waals surface area contributed by atoms with Crippen molar-refractivity contribution in [1.29, 1.82) is 0 Å². The van der Waals surface area contributed by atoms with Crippen LogP contribution < -0.4 is 16.0 Å². The van der Waals surface area contributed by atoms with Gasteiger partial charge in [0.1, 0.15) is 5.82 Å². The average Bonchev–Trinajstić information content (AvgIpc) is 3.26. The van der Waals surface area contributed by atoms with Crippen LogP contribution in [0.5, 0.6) is 0 Å². The SMILES string of the molecule is CN=C(NCc1ccc(F)cc1)NCc1ccc(NC(=O)c2ccco2)cc1. The van der Waals surface area contributed by atoms with Gasteiger partial charge in [-0.3, -0.25) is 9.79 Å². The van der Waals surface area contributed by atoms with E-state index in [-0.39, 0.29) is 17.5 Å². The van der Waals surface area contributed by atoms with Crippen LogP contribution >= 0.6 is 0 Å². The highest BCUT2D eigenvalue weighted by Gasteiger charge is 2.08. The minimum atomic E-state index is -0.290. The lowest BCUT2D eigenvalue weighted by atomic mass is 10.2. The summed E-state index contributed by atoms with van der Waals surface area (Å²) < 4.78 is 18.0. The quantitative estimate of drug-likeness (QED) is 0.452. The van der Waals surface area contributed by atoms with Crippen molar-refractivity contribution in [2.24, 2.45) is 4.99 Å². The third-order valence-corrected chi connectivity index (χ3v) is 4.01. The summed E-state index contributed by atoms with van der Waals surface area (Å²) in [6.07, 6.45) is 1.46. The summed E-state index contributed by atoms with van der Waals surface area (Å²) in [5.74, 6) is 0.359. The predicted octanol–water partition coefficient (Wildman–Crippen LogP) is 3.54. The van der Waals surface area contributed by atoms with Gasteiger partial charge in [0.25, 0.3) is 5.91 Å². The van der Waals surface area contributed by atoms with Gasteiger partial charge < -0.3 is 20.4 Å². The zero-order chi connectivity index (χ0) is 19.8. The standard InChI is InChI=1S/C21H21FN4O2/c1-23-21(24-13-15-4-8-17(22)9-5-15)25-14-16-6-10-18(11-7-16)26-20(27)19-3-2-12-28-19/h2-12H,13-14H2,1H3,(H,26,27)(H2,23,24,25). The highest BCUT2D eigenvalue weighted by atomic mass is 19.1. The van der Waals surface area contributed by atoms with Crippen LogP contribution in [0.1, 0.15) is 21.7 Å². The molecule has 0 saturated heterocycles. The largest absolute Gasteiger partial charge is 0.459 e. The van der Waals surface area contributed by atoms with Gasteiger partial charge in [-0.05, 0) is 47.5 Å². The minimum absolute atomic E-state index is 0.255. The van der Waals surface area contributed by atoms with Gasteiger partial charge in [0.2, 0.25) is 0 Å². The number of nitrogens with zero attached hydrogens (tertiary/aromatic N) is 1. The number of hydrogen-bond donors (Lipinski definition) is 3. The number of carbonyl (C=O) groups excluding carboxylic acids is 1. The number of furan rings is 1. The molecular formula is C21H21FN4O2. The monoisotopic (exact) mass is 380 g/mol. The highest BCUT2D eigenvalue weighted by Crippen LogP contribution is 2.12. The van der Waals surface area contributed by atoms with E-state index < -0.39 is 0 Å². The molecule has 1 amide bonds. The summed E-state index contributed by atoms with van der Waals surface area (Å²) >= 11 is 0. The second-order valence-corrected chi connectivity index (χ2v) is 6.03. The lowest BCUT2D eigenvalue weighted by Crippen LogP contribution is -2.36. The Morgan fingerprint density at radius 3 is 2.11 bits per heavy atom. The van der Waals surface area contributed by atoms with E-state index in [1.807, 2.05) is 24.3 Å². The molecule has 1 heterocycles. The van der Waals surface area contributed by atoms with Crippen molar-refractivity contribution in [1.82, 2.24) is 10.6 Å². The first kappa shape index (κ1) is 19.2. The Morgan fingerprint density at radius 1 is 0.964 bits per heavy atom. The number of nitrogens with one attached hydrogen (secondary N) is 3. The summed E-state index contributed by atoms with van der Waals surface area (Å²) in [7, 11) is 1.69. The lowest BCUT2D eigenvalue weighted by Gasteiger charge is -2.12. The molecule has 0 saturated carbocycles. The first-order chi connectivity index (χ1) is 13.6. The zero-order valence-electron chi connectivity index (χ0n) is 15.4. The summed E-state index contributed by atoms with van der Waals surface area (Å²) in [5.41, 5.74) is 2.67. The van der Waals surface area contributed by atoms with Crippen molar-refractivity contribution >= 4 is 17.6 Å². The van der Waals surface area contributed by atoms with Crippen molar-refractivity contribution < 1.29 is 13.6 Å². The Morgan fingerprint density at radius 2 is 1.57 bits per heavy atom. The molecule has 0 spiro atoms. The normalized spacial score (nSPS) is 11.1. The van der Waals surface area contributed by atoms with Crippen molar-refractivity contribution in [3.63, 3.8) is 0 Å². The molecule has 0 unspecified atom stereocenters. The van der Waals surface area contributed by atoms with Crippen LogP contribution in [0.4, 0.5) is 10.1 Å². The average molecular weight is 380 g/mol. The van der Waals surface area contributed by atoms with Crippen molar-refractivity contribution in [2.75, 3.05) is 12.4 Å². The molecule has 6 nitrogen and oxygen atoms in total. The lowest BCUT2D eigenvalue weighted by molar-refractivity contribution is 0.0996. The van der Waals surface area contributed by atoms with Gasteiger partial charge in [-0.25, -0.2) is 4.39 Å². The van der Waals surface area contributed by atoms with Gasteiger partial charge in [0.05, 0.1) is 6.26 Å². The Hall–Kier alpha value is -3.61. The van der Waals surface area contributed by atoms with Crippen LogP contribution in [0, 0.1) is 5.82 Å². The number of rotatable bonds is 6. The van der Waals surface area contributed by atoms with Crippen LogP contribution in [-0.4, -0.2) is 18.9 Å². The molecule has 0 aliphatic heterocycles. The molecule has 0 radical (unpaired) electrons. The number of halogens is 1. The van der Waals surface area contributed by atoms with E-state index in [0.29, 0.717) is 24.7 Å². The van der Waals surface area contributed by atoms with Gasteiger partial charge in [-0.15, -0.1) is 0 Å². The third kappa shape index (κ3) is 5.44. The zero-order valence-corrected chi connectivity index (χ0v) is 15.4. The number of carbonyl (C=O) groups is 1. The molecule has 7 heteroatoms. The van der Waals surface area contributed by atoms with Crippen LogP contribution in [0.25, 0.3) is 0 Å². The summed E-state index contributed by atoms with van der Waals surface area (Å²) in [6, 6.07) is 17.1. The Bertz CT molecular complexity index is 920. The topological polar surface area (TPSA) is 78.7 Å². The van der Waals surface area contributed by atoms with Crippen LogP contribution in [-0.2, 0) is 13.1 Å². The van der Waals surface area contributed by atoms with E-state index in [0.717, 1.165) is 11.1 Å². The fourth-order valence-corrected chi connectivity index (χ4v) is 2.50. The fourth-order valence-electron chi connectivity index (χ4n) is 2.50. The molecule has 0 atom stereocenters. The number of anilines is 1. The van der Waals surface area contributed by atoms with Gasteiger partial charge >= 0.3 is 0 Å². The number of hydrogen-bond acceptors (Lipinski definition) is 3. The van der Waals surface area contributed by atoms with Crippen LogP contribution in [0.3, 0.4) is 0 Å². The second-order valence-electron chi connectivity index (χ2n) is 6.03. The van der Waals surface area contributed by atoms with E-state index in [2.05, 4.69) is 20.9 Å². The van der Waals surface area contributed by atoms with Gasteiger partial charge in [-0.1, -0.05) is 24.3 Å². The summed E-state index contributed by atoms with van der Waals surface area (Å²) in [6.45, 7) is 1.10. The molecule has 28 heavy (non-hydrogen) atoms. The highest BCUT2D eigenvalue weighted by molar-refractivity contribution is 6.02. The summed E-state index contributed by atoms with van der Waals surface area (Å²) in [5, 5.41) is 9.16. The molecular weight excluding hydrogens is 359 g/mol. The molecule has 2 aromatic carbocycles. The molecule has 0 fully saturated rings. The molecule has 144 valence electrons. The maximum Gasteiger partial charge on any atom is 0.291 e. The van der Waals surface area contributed by atoms with E-state index in [1.165, 1.54) is 18.4 Å². The van der Waals surface area contributed by atoms with Crippen molar-refractivity contribution in [3.05, 3.63) is 89.6 Å². The Kier molecular flexibility index (Phi) is 6.41. The first-order valence-corrected chi connectivity index (χ1v) is 8.77. The Balaban J connectivity index is 1.47. The molecule has 3 N–H and O–H groups in total.